The van der Waals surface area contributed by atoms with E-state index in [2.05, 4.69) is 26.3 Å². The van der Waals surface area contributed by atoms with Gasteiger partial charge < -0.3 is 5.32 Å². The second kappa shape index (κ2) is 6.43. The fourth-order valence-electron chi connectivity index (χ4n) is 2.29. The SMILES string of the molecule is CCc1nn(C)cc1C(=O)NC(C)(CBr)c1ccccc1. The Morgan fingerprint density at radius 1 is 1.38 bits per heavy atom. The number of carbonyl (C=O) groups is 1. The van der Waals surface area contributed by atoms with Gasteiger partial charge in [0.2, 0.25) is 0 Å². The molecule has 1 aromatic heterocycles. The summed E-state index contributed by atoms with van der Waals surface area (Å²) in [7, 11) is 1.83. The Labute approximate surface area is 133 Å². The summed E-state index contributed by atoms with van der Waals surface area (Å²) in [5, 5.41) is 8.08. The minimum Gasteiger partial charge on any atom is -0.342 e. The van der Waals surface area contributed by atoms with Gasteiger partial charge in [-0.1, -0.05) is 53.2 Å². The number of nitrogens with one attached hydrogen (secondary N) is 1. The number of hydrogen-bond acceptors (Lipinski definition) is 2. The smallest absolute Gasteiger partial charge is 0.255 e. The lowest BCUT2D eigenvalue weighted by atomic mass is 9.94. The normalized spacial score (nSPS) is 13.7. The lowest BCUT2D eigenvalue weighted by Gasteiger charge is -2.29. The van der Waals surface area contributed by atoms with Crippen molar-refractivity contribution in [3.05, 3.63) is 53.3 Å². The first-order chi connectivity index (χ1) is 10.00. The predicted molar refractivity (Wildman–Crippen MR) is 87.6 cm³/mol. The summed E-state index contributed by atoms with van der Waals surface area (Å²) in [5.41, 5.74) is 2.07. The summed E-state index contributed by atoms with van der Waals surface area (Å²) in [6.07, 6.45) is 2.51. The third kappa shape index (κ3) is 3.35. The molecule has 5 heteroatoms. The van der Waals surface area contributed by atoms with Crippen molar-refractivity contribution in [2.45, 2.75) is 25.8 Å². The minimum atomic E-state index is -0.459. The highest BCUT2D eigenvalue weighted by Crippen LogP contribution is 2.24. The van der Waals surface area contributed by atoms with Crippen molar-refractivity contribution in [2.24, 2.45) is 7.05 Å². The van der Waals surface area contributed by atoms with Crippen LogP contribution in [0.5, 0.6) is 0 Å². The summed E-state index contributed by atoms with van der Waals surface area (Å²) in [6, 6.07) is 9.96. The zero-order valence-electron chi connectivity index (χ0n) is 12.6. The number of rotatable bonds is 5. The molecule has 2 rings (SSSR count). The van der Waals surface area contributed by atoms with Crippen molar-refractivity contribution in [3.8, 4) is 0 Å². The summed E-state index contributed by atoms with van der Waals surface area (Å²) < 4.78 is 1.68. The molecule has 1 atom stereocenters. The van der Waals surface area contributed by atoms with Gasteiger partial charge >= 0.3 is 0 Å². The molecule has 0 radical (unpaired) electrons. The van der Waals surface area contributed by atoms with Crippen LogP contribution in [0, 0.1) is 0 Å². The molecule has 1 N–H and O–H groups in total. The Morgan fingerprint density at radius 2 is 2.05 bits per heavy atom. The Kier molecular flexibility index (Phi) is 4.83. The number of halogens is 1. The molecule has 0 bridgehead atoms. The molecule has 0 fully saturated rings. The molecule has 4 nitrogen and oxygen atoms in total. The fourth-order valence-corrected chi connectivity index (χ4v) is 2.76. The van der Waals surface area contributed by atoms with E-state index in [9.17, 15) is 4.79 Å². The summed E-state index contributed by atoms with van der Waals surface area (Å²) in [4.78, 5) is 12.6. The van der Waals surface area contributed by atoms with E-state index in [1.165, 1.54) is 0 Å². The van der Waals surface area contributed by atoms with E-state index in [-0.39, 0.29) is 5.91 Å². The highest BCUT2D eigenvalue weighted by molar-refractivity contribution is 9.09. The van der Waals surface area contributed by atoms with Gasteiger partial charge in [0.25, 0.3) is 5.91 Å². The maximum absolute atomic E-state index is 12.6. The number of aryl methyl sites for hydroxylation is 2. The average molecular weight is 350 g/mol. The predicted octanol–water partition coefficient (Wildman–Crippen LogP) is 3.02. The summed E-state index contributed by atoms with van der Waals surface area (Å²) in [5.74, 6) is -0.0919. The molecule has 0 saturated carbocycles. The number of hydrogen-bond donors (Lipinski definition) is 1. The van der Waals surface area contributed by atoms with E-state index in [0.29, 0.717) is 10.9 Å². The highest BCUT2D eigenvalue weighted by atomic mass is 79.9. The maximum atomic E-state index is 12.6. The van der Waals surface area contributed by atoms with Crippen molar-refractivity contribution < 1.29 is 4.79 Å². The number of amides is 1. The zero-order chi connectivity index (χ0) is 15.5. The lowest BCUT2D eigenvalue weighted by Crippen LogP contribution is -2.45. The molecule has 2 aromatic rings. The zero-order valence-corrected chi connectivity index (χ0v) is 14.1. The Morgan fingerprint density at radius 3 is 2.62 bits per heavy atom. The van der Waals surface area contributed by atoms with Crippen LogP contribution in [0.4, 0.5) is 0 Å². The van der Waals surface area contributed by atoms with Crippen LogP contribution in [0.15, 0.2) is 36.5 Å². The van der Waals surface area contributed by atoms with Crippen molar-refractivity contribution in [1.29, 1.82) is 0 Å². The van der Waals surface area contributed by atoms with Crippen LogP contribution in [-0.4, -0.2) is 21.0 Å². The van der Waals surface area contributed by atoms with Gasteiger partial charge in [0, 0.05) is 18.6 Å². The Hall–Kier alpha value is -1.62. The third-order valence-corrected chi connectivity index (χ3v) is 4.67. The molecule has 0 aliphatic heterocycles. The number of nitrogens with zero attached hydrogens (tertiary/aromatic N) is 2. The van der Waals surface area contributed by atoms with Gasteiger partial charge in [0.1, 0.15) is 0 Å². The van der Waals surface area contributed by atoms with Gasteiger partial charge in [-0.2, -0.15) is 5.10 Å². The number of benzene rings is 1. The first kappa shape index (κ1) is 15.8. The molecule has 1 unspecified atom stereocenters. The molecule has 0 spiro atoms. The van der Waals surface area contributed by atoms with Gasteiger partial charge in [-0.15, -0.1) is 0 Å². The monoisotopic (exact) mass is 349 g/mol. The second-order valence-corrected chi connectivity index (χ2v) is 5.86. The van der Waals surface area contributed by atoms with E-state index in [1.54, 1.807) is 10.9 Å². The molecular weight excluding hydrogens is 330 g/mol. The van der Waals surface area contributed by atoms with Gasteiger partial charge in [-0.25, -0.2) is 0 Å². The fraction of sp³-hybridized carbons (Fsp3) is 0.375. The first-order valence-corrected chi connectivity index (χ1v) is 8.09. The third-order valence-electron chi connectivity index (χ3n) is 3.55. The summed E-state index contributed by atoms with van der Waals surface area (Å²) >= 11 is 3.51. The molecule has 1 aromatic carbocycles. The van der Waals surface area contributed by atoms with Crippen LogP contribution in [0.1, 0.15) is 35.5 Å². The van der Waals surface area contributed by atoms with Gasteiger partial charge in [-0.05, 0) is 18.9 Å². The largest absolute Gasteiger partial charge is 0.342 e. The Bertz CT molecular complexity index is 624. The molecule has 0 aliphatic carbocycles. The van der Waals surface area contributed by atoms with Crippen LogP contribution in [-0.2, 0) is 19.0 Å². The quantitative estimate of drug-likeness (QED) is 0.843. The van der Waals surface area contributed by atoms with E-state index in [1.807, 2.05) is 51.2 Å². The molecule has 1 heterocycles. The van der Waals surface area contributed by atoms with Gasteiger partial charge in [0.15, 0.2) is 0 Å². The molecule has 0 saturated heterocycles. The highest BCUT2D eigenvalue weighted by Gasteiger charge is 2.29. The van der Waals surface area contributed by atoms with Crippen molar-refractivity contribution in [3.63, 3.8) is 0 Å². The number of alkyl halides is 1. The van der Waals surface area contributed by atoms with Gasteiger partial charge in [-0.3, -0.25) is 9.48 Å². The van der Waals surface area contributed by atoms with Crippen molar-refractivity contribution in [1.82, 2.24) is 15.1 Å². The van der Waals surface area contributed by atoms with Crippen molar-refractivity contribution in [2.75, 3.05) is 5.33 Å². The lowest BCUT2D eigenvalue weighted by molar-refractivity contribution is 0.0913. The second-order valence-electron chi connectivity index (χ2n) is 5.30. The number of aromatic nitrogens is 2. The maximum Gasteiger partial charge on any atom is 0.255 e. The van der Waals surface area contributed by atoms with Crippen LogP contribution in [0.3, 0.4) is 0 Å². The molecule has 1 amide bonds. The van der Waals surface area contributed by atoms with E-state index in [4.69, 9.17) is 0 Å². The summed E-state index contributed by atoms with van der Waals surface area (Å²) in [6.45, 7) is 4.01. The molecule has 0 aliphatic rings. The van der Waals surface area contributed by atoms with Crippen molar-refractivity contribution >= 4 is 21.8 Å². The molecular formula is C16H20BrN3O. The average Bonchev–Trinajstić information content (AvgIpc) is 2.89. The van der Waals surface area contributed by atoms with E-state index in [0.717, 1.165) is 17.7 Å². The van der Waals surface area contributed by atoms with Crippen LogP contribution in [0.25, 0.3) is 0 Å². The van der Waals surface area contributed by atoms with Crippen LogP contribution >= 0.6 is 15.9 Å². The molecule has 21 heavy (non-hydrogen) atoms. The van der Waals surface area contributed by atoms with Crippen LogP contribution < -0.4 is 5.32 Å². The topological polar surface area (TPSA) is 46.9 Å². The standard InChI is InChI=1S/C16H20BrN3O/c1-4-14-13(10-20(3)19-14)15(21)18-16(2,11-17)12-8-6-5-7-9-12/h5-10H,4,11H2,1-3H3,(H,18,21). The Balaban J connectivity index is 2.28. The van der Waals surface area contributed by atoms with E-state index >= 15 is 0 Å². The number of carbonyl (C=O) groups excluding carboxylic acids is 1. The first-order valence-electron chi connectivity index (χ1n) is 6.96. The minimum absolute atomic E-state index is 0.0919. The van der Waals surface area contributed by atoms with Crippen LogP contribution in [0.2, 0.25) is 0 Å². The van der Waals surface area contributed by atoms with E-state index < -0.39 is 5.54 Å². The van der Waals surface area contributed by atoms with Gasteiger partial charge in [0.05, 0.1) is 16.8 Å². The molecule has 112 valence electrons.